The van der Waals surface area contributed by atoms with Gasteiger partial charge in [-0.25, -0.2) is 4.79 Å². The SMILES string of the molecule is COC(CNC(=O)NC(C)C(=O)N1CCCC1)CC(=O)O. The Hall–Kier alpha value is -1.83. The second-order valence-corrected chi connectivity index (χ2v) is 5.06. The molecule has 1 aliphatic rings. The molecule has 2 unspecified atom stereocenters. The van der Waals surface area contributed by atoms with Crippen LogP contribution >= 0.6 is 0 Å². The maximum absolute atomic E-state index is 12.0. The summed E-state index contributed by atoms with van der Waals surface area (Å²) in [7, 11) is 1.38. The Morgan fingerprint density at radius 3 is 2.43 bits per heavy atom. The third kappa shape index (κ3) is 5.99. The molecular formula is C13H23N3O5. The number of carbonyl (C=O) groups is 3. The molecule has 120 valence electrons. The topological polar surface area (TPSA) is 108 Å². The number of urea groups is 1. The number of nitrogens with one attached hydrogen (secondary N) is 2. The normalized spacial score (nSPS) is 17.1. The number of carboxylic acids is 1. The van der Waals surface area contributed by atoms with Gasteiger partial charge in [0, 0.05) is 26.7 Å². The summed E-state index contributed by atoms with van der Waals surface area (Å²) in [4.78, 5) is 36.0. The number of rotatable bonds is 7. The van der Waals surface area contributed by atoms with Gasteiger partial charge in [-0.2, -0.15) is 0 Å². The van der Waals surface area contributed by atoms with Crippen LogP contribution in [0.25, 0.3) is 0 Å². The van der Waals surface area contributed by atoms with Crippen LogP contribution in [0.2, 0.25) is 0 Å². The Balaban J connectivity index is 2.31. The first-order chi connectivity index (χ1) is 9.93. The molecule has 0 aromatic carbocycles. The molecule has 0 aromatic rings. The van der Waals surface area contributed by atoms with Crippen LogP contribution in [0.5, 0.6) is 0 Å². The summed E-state index contributed by atoms with van der Waals surface area (Å²) >= 11 is 0. The highest BCUT2D eigenvalue weighted by Gasteiger charge is 2.24. The van der Waals surface area contributed by atoms with Gasteiger partial charge in [0.25, 0.3) is 0 Å². The highest BCUT2D eigenvalue weighted by molar-refractivity contribution is 5.86. The Morgan fingerprint density at radius 2 is 1.90 bits per heavy atom. The van der Waals surface area contributed by atoms with E-state index in [1.54, 1.807) is 11.8 Å². The quantitative estimate of drug-likeness (QED) is 0.603. The van der Waals surface area contributed by atoms with Crippen LogP contribution in [0.4, 0.5) is 4.79 Å². The van der Waals surface area contributed by atoms with Gasteiger partial charge in [0.1, 0.15) is 6.04 Å². The van der Waals surface area contributed by atoms with E-state index in [0.29, 0.717) is 0 Å². The Labute approximate surface area is 123 Å². The molecule has 1 fully saturated rings. The summed E-state index contributed by atoms with van der Waals surface area (Å²) in [5, 5.41) is 13.7. The molecule has 0 saturated carbocycles. The van der Waals surface area contributed by atoms with Crippen molar-refractivity contribution in [1.29, 1.82) is 0 Å². The van der Waals surface area contributed by atoms with E-state index in [2.05, 4.69) is 10.6 Å². The number of hydrogen-bond acceptors (Lipinski definition) is 4. The minimum Gasteiger partial charge on any atom is -0.481 e. The minimum absolute atomic E-state index is 0.0687. The van der Waals surface area contributed by atoms with Gasteiger partial charge in [-0.15, -0.1) is 0 Å². The van der Waals surface area contributed by atoms with E-state index in [1.165, 1.54) is 7.11 Å². The van der Waals surface area contributed by atoms with Crippen molar-refractivity contribution in [1.82, 2.24) is 15.5 Å². The first-order valence-corrected chi connectivity index (χ1v) is 7.01. The van der Waals surface area contributed by atoms with Crippen LogP contribution in [0.3, 0.4) is 0 Å². The zero-order chi connectivity index (χ0) is 15.8. The number of hydrogen-bond donors (Lipinski definition) is 3. The third-order valence-corrected chi connectivity index (χ3v) is 3.36. The van der Waals surface area contributed by atoms with Crippen molar-refractivity contribution in [2.45, 2.75) is 38.3 Å². The van der Waals surface area contributed by atoms with Gasteiger partial charge in [-0.3, -0.25) is 9.59 Å². The Bertz CT molecular complexity index is 382. The van der Waals surface area contributed by atoms with Gasteiger partial charge < -0.3 is 25.4 Å². The average Bonchev–Trinajstić information content (AvgIpc) is 2.96. The van der Waals surface area contributed by atoms with Crippen LogP contribution in [0.1, 0.15) is 26.2 Å². The molecule has 0 spiro atoms. The molecule has 2 atom stereocenters. The van der Waals surface area contributed by atoms with E-state index in [4.69, 9.17) is 9.84 Å². The summed E-state index contributed by atoms with van der Waals surface area (Å²) in [5.41, 5.74) is 0. The summed E-state index contributed by atoms with van der Waals surface area (Å²) in [6.07, 6.45) is 1.20. The molecule has 1 rings (SSSR count). The number of carbonyl (C=O) groups excluding carboxylic acids is 2. The zero-order valence-electron chi connectivity index (χ0n) is 12.4. The van der Waals surface area contributed by atoms with Crippen LogP contribution in [0.15, 0.2) is 0 Å². The van der Waals surface area contributed by atoms with Crippen molar-refractivity contribution in [3.8, 4) is 0 Å². The first kappa shape index (κ1) is 17.2. The van der Waals surface area contributed by atoms with Crippen molar-refractivity contribution in [3.05, 3.63) is 0 Å². The molecule has 1 heterocycles. The van der Waals surface area contributed by atoms with Crippen molar-refractivity contribution in [2.24, 2.45) is 0 Å². The number of methoxy groups -OCH3 is 1. The van der Waals surface area contributed by atoms with Gasteiger partial charge in [0.15, 0.2) is 0 Å². The van der Waals surface area contributed by atoms with Gasteiger partial charge >= 0.3 is 12.0 Å². The van der Waals surface area contributed by atoms with E-state index < -0.39 is 24.1 Å². The zero-order valence-corrected chi connectivity index (χ0v) is 12.4. The molecule has 1 aliphatic heterocycles. The molecule has 21 heavy (non-hydrogen) atoms. The molecule has 8 heteroatoms. The summed E-state index contributed by atoms with van der Waals surface area (Å²) in [5.74, 6) is -1.10. The van der Waals surface area contributed by atoms with E-state index in [1.807, 2.05) is 0 Å². The molecule has 8 nitrogen and oxygen atoms in total. The highest BCUT2D eigenvalue weighted by atomic mass is 16.5. The van der Waals surface area contributed by atoms with Gasteiger partial charge in [-0.1, -0.05) is 0 Å². The predicted molar refractivity (Wildman–Crippen MR) is 74.9 cm³/mol. The molecule has 0 aliphatic carbocycles. The molecule has 0 radical (unpaired) electrons. The Kier molecular flexibility index (Phi) is 6.93. The lowest BCUT2D eigenvalue weighted by Crippen LogP contribution is -2.50. The van der Waals surface area contributed by atoms with Crippen LogP contribution in [0, 0.1) is 0 Å². The number of carboxylic acid groups (broad SMARTS) is 1. The van der Waals surface area contributed by atoms with Crippen LogP contribution in [-0.2, 0) is 14.3 Å². The standard InChI is InChI=1S/C13H23N3O5/c1-9(12(19)16-5-3-4-6-16)15-13(20)14-8-10(21-2)7-11(17)18/h9-10H,3-8H2,1-2H3,(H,17,18)(H2,14,15,20). The highest BCUT2D eigenvalue weighted by Crippen LogP contribution is 2.08. The van der Waals surface area contributed by atoms with Gasteiger partial charge in [-0.05, 0) is 19.8 Å². The van der Waals surface area contributed by atoms with Crippen molar-refractivity contribution in [3.63, 3.8) is 0 Å². The van der Waals surface area contributed by atoms with E-state index in [0.717, 1.165) is 25.9 Å². The van der Waals surface area contributed by atoms with Gasteiger partial charge in [0.2, 0.25) is 5.91 Å². The lowest BCUT2D eigenvalue weighted by molar-refractivity contribution is -0.139. The second kappa shape index (κ2) is 8.46. The molecule has 3 N–H and O–H groups in total. The van der Waals surface area contributed by atoms with Crippen LogP contribution < -0.4 is 10.6 Å². The smallest absolute Gasteiger partial charge is 0.315 e. The number of aliphatic carboxylic acids is 1. The molecular weight excluding hydrogens is 278 g/mol. The summed E-state index contributed by atoms with van der Waals surface area (Å²) < 4.78 is 4.95. The lowest BCUT2D eigenvalue weighted by atomic mass is 10.2. The average molecular weight is 301 g/mol. The molecule has 0 aromatic heterocycles. The number of ether oxygens (including phenoxy) is 1. The van der Waals surface area contributed by atoms with Gasteiger partial charge in [0.05, 0.1) is 12.5 Å². The Morgan fingerprint density at radius 1 is 1.29 bits per heavy atom. The molecule has 0 bridgehead atoms. The van der Waals surface area contributed by atoms with Crippen molar-refractivity contribution < 1.29 is 24.2 Å². The maximum Gasteiger partial charge on any atom is 0.315 e. The van der Waals surface area contributed by atoms with Crippen molar-refractivity contribution in [2.75, 3.05) is 26.7 Å². The number of likely N-dealkylation sites (tertiary alicyclic amines) is 1. The monoisotopic (exact) mass is 301 g/mol. The first-order valence-electron chi connectivity index (χ1n) is 7.01. The third-order valence-electron chi connectivity index (χ3n) is 3.36. The van der Waals surface area contributed by atoms with Crippen LogP contribution in [-0.4, -0.2) is 66.8 Å². The van der Waals surface area contributed by atoms with E-state index in [9.17, 15) is 14.4 Å². The fourth-order valence-electron chi connectivity index (χ4n) is 2.16. The number of amides is 3. The van der Waals surface area contributed by atoms with E-state index >= 15 is 0 Å². The lowest BCUT2D eigenvalue weighted by Gasteiger charge is -2.21. The largest absolute Gasteiger partial charge is 0.481 e. The molecule has 3 amide bonds. The fraction of sp³-hybridized carbons (Fsp3) is 0.769. The summed E-state index contributed by atoms with van der Waals surface area (Å²) in [6, 6.07) is -1.12. The van der Waals surface area contributed by atoms with E-state index in [-0.39, 0.29) is 18.9 Å². The predicted octanol–water partition coefficient (Wildman–Crippen LogP) is -0.214. The van der Waals surface area contributed by atoms with Crippen molar-refractivity contribution >= 4 is 17.9 Å². The fourth-order valence-corrected chi connectivity index (χ4v) is 2.16. The second-order valence-electron chi connectivity index (χ2n) is 5.06. The maximum atomic E-state index is 12.0. The number of nitrogens with zero attached hydrogens (tertiary/aromatic N) is 1. The summed E-state index contributed by atoms with van der Waals surface area (Å²) in [6.45, 7) is 3.16. The molecule has 1 saturated heterocycles. The minimum atomic E-state index is -0.998.